The molecule has 1 rings (SSSR count). The molecule has 0 aliphatic rings. The van der Waals surface area contributed by atoms with Crippen molar-refractivity contribution >= 4 is 11.6 Å². The summed E-state index contributed by atoms with van der Waals surface area (Å²) in [6.45, 7) is 8.05. The molecule has 0 aromatic carbocycles. The standard InChI is InChI=1S/C9H15ClN2O/c1-5-9(3,4)8-12-11-7(13-8)6(2)10/h6H,5H2,1-4H3. The first-order valence-corrected chi connectivity index (χ1v) is 4.89. The molecule has 0 saturated carbocycles. The molecule has 0 saturated heterocycles. The molecule has 1 heterocycles. The van der Waals surface area contributed by atoms with E-state index in [1.165, 1.54) is 0 Å². The van der Waals surface area contributed by atoms with Gasteiger partial charge in [0.25, 0.3) is 0 Å². The lowest BCUT2D eigenvalue weighted by molar-refractivity contribution is 0.344. The number of halogens is 1. The first-order chi connectivity index (χ1) is 5.97. The summed E-state index contributed by atoms with van der Waals surface area (Å²) >= 11 is 5.81. The van der Waals surface area contributed by atoms with Crippen molar-refractivity contribution in [2.75, 3.05) is 0 Å². The zero-order chi connectivity index (χ0) is 10.1. The largest absolute Gasteiger partial charge is 0.423 e. The van der Waals surface area contributed by atoms with Crippen molar-refractivity contribution in [3.63, 3.8) is 0 Å². The molecule has 4 heteroatoms. The van der Waals surface area contributed by atoms with Gasteiger partial charge in [-0.3, -0.25) is 0 Å². The van der Waals surface area contributed by atoms with Gasteiger partial charge in [0.05, 0.1) is 0 Å². The van der Waals surface area contributed by atoms with Gasteiger partial charge in [0.1, 0.15) is 5.38 Å². The molecule has 1 aromatic rings. The van der Waals surface area contributed by atoms with Crippen molar-refractivity contribution in [2.24, 2.45) is 0 Å². The molecule has 0 bridgehead atoms. The smallest absolute Gasteiger partial charge is 0.234 e. The van der Waals surface area contributed by atoms with Crippen molar-refractivity contribution in [3.05, 3.63) is 11.8 Å². The lowest BCUT2D eigenvalue weighted by atomic mass is 9.90. The second-order valence-electron chi connectivity index (χ2n) is 3.80. The molecule has 3 nitrogen and oxygen atoms in total. The number of rotatable bonds is 3. The number of hydrogen-bond donors (Lipinski definition) is 0. The van der Waals surface area contributed by atoms with Crippen molar-refractivity contribution in [1.29, 1.82) is 0 Å². The molecule has 0 fully saturated rings. The van der Waals surface area contributed by atoms with E-state index in [1.807, 2.05) is 6.92 Å². The third-order valence-electron chi connectivity index (χ3n) is 2.24. The Morgan fingerprint density at radius 1 is 1.46 bits per heavy atom. The summed E-state index contributed by atoms with van der Waals surface area (Å²) in [4.78, 5) is 0. The van der Waals surface area contributed by atoms with Crippen LogP contribution in [0.25, 0.3) is 0 Å². The molecular weight excluding hydrogens is 188 g/mol. The first kappa shape index (κ1) is 10.5. The quantitative estimate of drug-likeness (QED) is 0.708. The minimum absolute atomic E-state index is 0.0585. The van der Waals surface area contributed by atoms with Crippen LogP contribution in [0.4, 0.5) is 0 Å². The van der Waals surface area contributed by atoms with Crippen LogP contribution in [0.3, 0.4) is 0 Å². The van der Waals surface area contributed by atoms with E-state index in [-0.39, 0.29) is 10.8 Å². The van der Waals surface area contributed by atoms with Crippen LogP contribution in [-0.2, 0) is 5.41 Å². The molecule has 74 valence electrons. The Kier molecular flexibility index (Phi) is 2.96. The summed E-state index contributed by atoms with van der Waals surface area (Å²) in [7, 11) is 0. The SMILES string of the molecule is CCC(C)(C)c1nnc(C(C)Cl)o1. The van der Waals surface area contributed by atoms with E-state index in [0.717, 1.165) is 6.42 Å². The molecule has 0 spiro atoms. The van der Waals surface area contributed by atoms with Gasteiger partial charge in [-0.15, -0.1) is 21.8 Å². The van der Waals surface area contributed by atoms with E-state index in [1.54, 1.807) is 0 Å². The Balaban J connectivity index is 2.91. The number of alkyl halides is 1. The predicted molar refractivity (Wildman–Crippen MR) is 51.9 cm³/mol. The van der Waals surface area contributed by atoms with Gasteiger partial charge in [-0.2, -0.15) is 0 Å². The highest BCUT2D eigenvalue weighted by Gasteiger charge is 2.25. The second-order valence-corrected chi connectivity index (χ2v) is 4.45. The monoisotopic (exact) mass is 202 g/mol. The average molecular weight is 203 g/mol. The highest BCUT2D eigenvalue weighted by atomic mass is 35.5. The van der Waals surface area contributed by atoms with E-state index < -0.39 is 0 Å². The van der Waals surface area contributed by atoms with Crippen LogP contribution in [0.5, 0.6) is 0 Å². The molecule has 13 heavy (non-hydrogen) atoms. The zero-order valence-corrected chi connectivity index (χ0v) is 9.22. The topological polar surface area (TPSA) is 38.9 Å². The van der Waals surface area contributed by atoms with Crippen molar-refractivity contribution < 1.29 is 4.42 Å². The van der Waals surface area contributed by atoms with E-state index in [9.17, 15) is 0 Å². The van der Waals surface area contributed by atoms with E-state index in [2.05, 4.69) is 31.0 Å². The number of hydrogen-bond acceptors (Lipinski definition) is 3. The van der Waals surface area contributed by atoms with Crippen LogP contribution < -0.4 is 0 Å². The van der Waals surface area contributed by atoms with Crippen LogP contribution in [0.1, 0.15) is 51.3 Å². The maximum atomic E-state index is 5.81. The van der Waals surface area contributed by atoms with E-state index in [4.69, 9.17) is 16.0 Å². The van der Waals surface area contributed by atoms with Gasteiger partial charge in [0.2, 0.25) is 11.8 Å². The van der Waals surface area contributed by atoms with Crippen LogP contribution >= 0.6 is 11.6 Å². The summed E-state index contributed by atoms with van der Waals surface area (Å²) in [6, 6.07) is 0. The molecule has 0 aliphatic heterocycles. The van der Waals surface area contributed by atoms with E-state index >= 15 is 0 Å². The average Bonchev–Trinajstić information content (AvgIpc) is 2.52. The highest BCUT2D eigenvalue weighted by Crippen LogP contribution is 2.27. The summed E-state index contributed by atoms with van der Waals surface area (Å²) in [5.41, 5.74) is -0.0585. The first-order valence-electron chi connectivity index (χ1n) is 4.45. The molecule has 0 aliphatic carbocycles. The van der Waals surface area contributed by atoms with Gasteiger partial charge in [-0.1, -0.05) is 20.8 Å². The molecule has 0 amide bonds. The molecule has 1 unspecified atom stereocenters. The van der Waals surface area contributed by atoms with Gasteiger partial charge in [-0.25, -0.2) is 0 Å². The van der Waals surface area contributed by atoms with Crippen LogP contribution in [0.2, 0.25) is 0 Å². The Morgan fingerprint density at radius 2 is 2.08 bits per heavy atom. The maximum Gasteiger partial charge on any atom is 0.234 e. The predicted octanol–water partition coefficient (Wildman–Crippen LogP) is 3.06. The van der Waals surface area contributed by atoms with Crippen LogP contribution in [0, 0.1) is 0 Å². The fourth-order valence-electron chi connectivity index (χ4n) is 0.820. The zero-order valence-electron chi connectivity index (χ0n) is 8.47. The minimum atomic E-state index is -0.214. The van der Waals surface area contributed by atoms with Gasteiger partial charge in [0, 0.05) is 5.41 Å². The van der Waals surface area contributed by atoms with Crippen LogP contribution in [0.15, 0.2) is 4.42 Å². The third kappa shape index (κ3) is 2.21. The summed E-state index contributed by atoms with van der Waals surface area (Å²) in [5, 5.41) is 7.65. The van der Waals surface area contributed by atoms with Crippen molar-refractivity contribution in [3.8, 4) is 0 Å². The normalized spacial score (nSPS) is 14.5. The maximum absolute atomic E-state index is 5.81. The Hall–Kier alpha value is -0.570. The third-order valence-corrected chi connectivity index (χ3v) is 2.43. The van der Waals surface area contributed by atoms with Gasteiger partial charge >= 0.3 is 0 Å². The van der Waals surface area contributed by atoms with Gasteiger partial charge in [0.15, 0.2) is 0 Å². The fraction of sp³-hybridized carbons (Fsp3) is 0.778. The summed E-state index contributed by atoms with van der Waals surface area (Å²) in [6.07, 6.45) is 0.964. The highest BCUT2D eigenvalue weighted by molar-refractivity contribution is 6.20. The Bertz CT molecular complexity index is 281. The molecule has 0 N–H and O–H groups in total. The van der Waals surface area contributed by atoms with Gasteiger partial charge < -0.3 is 4.42 Å². The Morgan fingerprint density at radius 3 is 2.46 bits per heavy atom. The summed E-state index contributed by atoms with van der Waals surface area (Å²) < 4.78 is 5.45. The Labute approximate surface area is 83.5 Å². The van der Waals surface area contributed by atoms with E-state index in [0.29, 0.717) is 11.8 Å². The van der Waals surface area contributed by atoms with Gasteiger partial charge in [-0.05, 0) is 13.3 Å². The molecule has 1 aromatic heterocycles. The lowest BCUT2D eigenvalue weighted by Crippen LogP contribution is -2.15. The molecule has 1 atom stereocenters. The molecule has 0 radical (unpaired) electrons. The number of nitrogens with zero attached hydrogens (tertiary/aromatic N) is 2. The van der Waals surface area contributed by atoms with Crippen molar-refractivity contribution in [1.82, 2.24) is 10.2 Å². The molecular formula is C9H15ClN2O. The minimum Gasteiger partial charge on any atom is -0.423 e. The second kappa shape index (κ2) is 3.66. The fourth-order valence-corrected chi connectivity index (χ4v) is 0.908. The summed E-state index contributed by atoms with van der Waals surface area (Å²) in [5.74, 6) is 1.16. The van der Waals surface area contributed by atoms with Crippen LogP contribution in [-0.4, -0.2) is 10.2 Å². The van der Waals surface area contributed by atoms with Crippen molar-refractivity contribution in [2.45, 2.75) is 44.9 Å². The number of aromatic nitrogens is 2. The lowest BCUT2D eigenvalue weighted by Gasteiger charge is -2.16.